The van der Waals surface area contributed by atoms with Crippen molar-refractivity contribution in [2.75, 3.05) is 57.0 Å². The van der Waals surface area contributed by atoms with Crippen molar-refractivity contribution in [1.29, 1.82) is 0 Å². The molecule has 38 heavy (non-hydrogen) atoms. The lowest BCUT2D eigenvalue weighted by atomic mass is 10.2. The number of methoxy groups -OCH3 is 1. The van der Waals surface area contributed by atoms with E-state index in [1.165, 1.54) is 5.56 Å². The van der Waals surface area contributed by atoms with Gasteiger partial charge in [-0.25, -0.2) is 4.98 Å². The number of morpholine rings is 1. The highest BCUT2D eigenvalue weighted by Crippen LogP contribution is 2.35. The van der Waals surface area contributed by atoms with Crippen molar-refractivity contribution in [3.8, 4) is 17.2 Å². The van der Waals surface area contributed by atoms with E-state index in [-0.39, 0.29) is 0 Å². The Hall–Kier alpha value is -4.37. The smallest absolute Gasteiger partial charge is 0.228 e. The van der Waals surface area contributed by atoms with E-state index in [9.17, 15) is 0 Å². The molecule has 0 amide bonds. The largest absolute Gasteiger partial charge is 0.493 e. The second-order valence-electron chi connectivity index (χ2n) is 8.79. The number of hydrogen-bond donors (Lipinski definition) is 1. The summed E-state index contributed by atoms with van der Waals surface area (Å²) >= 11 is 0. The van der Waals surface area contributed by atoms with Crippen LogP contribution in [0.1, 0.15) is 11.1 Å². The summed E-state index contributed by atoms with van der Waals surface area (Å²) in [6, 6.07) is 21.5. The fraction of sp³-hybridized carbons (Fsp3) is 0.276. The van der Waals surface area contributed by atoms with Crippen molar-refractivity contribution in [2.45, 2.75) is 6.92 Å². The minimum atomic E-state index is 0.345. The number of fused-ring (bicyclic) bond motifs is 1. The van der Waals surface area contributed by atoms with Crippen molar-refractivity contribution in [2.24, 2.45) is 5.10 Å². The summed E-state index contributed by atoms with van der Waals surface area (Å²) < 4.78 is 22.9. The first-order chi connectivity index (χ1) is 18.7. The molecule has 1 aromatic heterocycles. The third-order valence-corrected chi connectivity index (χ3v) is 6.04. The van der Waals surface area contributed by atoms with Crippen LogP contribution in [0.5, 0.6) is 17.2 Å². The van der Waals surface area contributed by atoms with Crippen molar-refractivity contribution in [3.05, 3.63) is 77.9 Å². The number of rotatable bonds is 10. The molecule has 5 rings (SSSR count). The van der Waals surface area contributed by atoms with Gasteiger partial charge in [-0.2, -0.15) is 10.1 Å². The zero-order valence-corrected chi connectivity index (χ0v) is 21.6. The van der Waals surface area contributed by atoms with Gasteiger partial charge in [-0.3, -0.25) is 5.43 Å². The summed E-state index contributed by atoms with van der Waals surface area (Å²) in [7, 11) is 1.61. The maximum atomic E-state index is 6.05. The molecule has 4 aromatic rings. The van der Waals surface area contributed by atoms with Crippen molar-refractivity contribution in [1.82, 2.24) is 9.97 Å². The van der Waals surface area contributed by atoms with Gasteiger partial charge >= 0.3 is 0 Å². The summed E-state index contributed by atoms with van der Waals surface area (Å²) in [5.74, 6) is 3.14. The molecule has 9 heteroatoms. The number of nitrogens with zero attached hydrogens (tertiary/aromatic N) is 4. The van der Waals surface area contributed by atoms with Crippen molar-refractivity contribution >= 4 is 28.9 Å². The maximum Gasteiger partial charge on any atom is 0.228 e. The molecule has 1 aliphatic heterocycles. The standard InChI is InChI=1S/C29H31N5O4/c1-21-7-6-8-22(17-21)20-30-33-28-24-18-27(38-16-15-37-23-9-4-3-5-10-23)26(35-2)19-25(24)31-29(32-28)34-11-13-36-14-12-34/h3-10,17-20H,11-16H2,1-2H3,(H,31,32,33)/b30-20+. The first kappa shape index (κ1) is 25.3. The number of hydrazone groups is 1. The topological polar surface area (TPSA) is 90.3 Å². The summed E-state index contributed by atoms with van der Waals surface area (Å²) in [5.41, 5.74) is 6.01. The van der Waals surface area contributed by atoms with Crippen LogP contribution in [-0.4, -0.2) is 62.8 Å². The molecule has 0 spiro atoms. The van der Waals surface area contributed by atoms with Crippen LogP contribution >= 0.6 is 0 Å². The van der Waals surface area contributed by atoms with Crippen LogP contribution in [-0.2, 0) is 4.74 Å². The molecule has 2 heterocycles. The van der Waals surface area contributed by atoms with Crippen LogP contribution in [0.2, 0.25) is 0 Å². The number of aromatic nitrogens is 2. The normalized spacial score (nSPS) is 13.6. The molecule has 196 valence electrons. The molecule has 1 N–H and O–H groups in total. The molecule has 0 unspecified atom stereocenters. The summed E-state index contributed by atoms with van der Waals surface area (Å²) in [6.45, 7) is 5.50. The van der Waals surface area contributed by atoms with Gasteiger partial charge < -0.3 is 23.8 Å². The summed E-state index contributed by atoms with van der Waals surface area (Å²) in [5, 5.41) is 5.24. The van der Waals surface area contributed by atoms with E-state index < -0.39 is 0 Å². The van der Waals surface area contributed by atoms with Gasteiger partial charge in [0.2, 0.25) is 5.95 Å². The first-order valence-corrected chi connectivity index (χ1v) is 12.6. The van der Waals surface area contributed by atoms with E-state index in [1.807, 2.05) is 54.6 Å². The minimum absolute atomic E-state index is 0.345. The lowest BCUT2D eigenvalue weighted by molar-refractivity contribution is 0.122. The highest BCUT2D eigenvalue weighted by Gasteiger charge is 2.19. The molecular formula is C29H31N5O4. The number of anilines is 2. The van der Waals surface area contributed by atoms with Gasteiger partial charge in [0.1, 0.15) is 19.0 Å². The number of para-hydroxylation sites is 1. The van der Waals surface area contributed by atoms with Gasteiger partial charge in [0.05, 0.1) is 32.1 Å². The van der Waals surface area contributed by atoms with Gasteiger partial charge in [0.15, 0.2) is 17.3 Å². The van der Waals surface area contributed by atoms with E-state index in [0.717, 1.165) is 35.3 Å². The fourth-order valence-electron chi connectivity index (χ4n) is 4.13. The highest BCUT2D eigenvalue weighted by atomic mass is 16.5. The first-order valence-electron chi connectivity index (χ1n) is 12.6. The third kappa shape index (κ3) is 6.30. The minimum Gasteiger partial charge on any atom is -0.493 e. The highest BCUT2D eigenvalue weighted by molar-refractivity contribution is 5.93. The average molecular weight is 514 g/mol. The number of ether oxygens (including phenoxy) is 4. The molecule has 0 atom stereocenters. The molecule has 3 aromatic carbocycles. The predicted octanol–water partition coefficient (Wildman–Crippen LogP) is 4.69. The van der Waals surface area contributed by atoms with Crippen LogP contribution < -0.4 is 24.5 Å². The van der Waals surface area contributed by atoms with Crippen LogP contribution in [0.15, 0.2) is 71.8 Å². The Morgan fingerprint density at radius 1 is 0.947 bits per heavy atom. The zero-order valence-electron chi connectivity index (χ0n) is 21.6. The molecule has 1 saturated heterocycles. The Balaban J connectivity index is 1.42. The lowest BCUT2D eigenvalue weighted by Crippen LogP contribution is -2.37. The summed E-state index contributed by atoms with van der Waals surface area (Å²) in [6.07, 6.45) is 1.78. The van der Waals surface area contributed by atoms with Crippen LogP contribution in [0, 0.1) is 6.92 Å². The Morgan fingerprint density at radius 3 is 2.55 bits per heavy atom. The second-order valence-corrected chi connectivity index (χ2v) is 8.79. The van der Waals surface area contributed by atoms with Gasteiger partial charge in [-0.05, 0) is 30.7 Å². The molecule has 0 saturated carbocycles. The van der Waals surface area contributed by atoms with Crippen LogP contribution in [0.3, 0.4) is 0 Å². The van der Waals surface area contributed by atoms with Crippen LogP contribution in [0.25, 0.3) is 10.9 Å². The summed E-state index contributed by atoms with van der Waals surface area (Å²) in [4.78, 5) is 11.8. The zero-order chi connectivity index (χ0) is 26.2. The molecule has 0 bridgehead atoms. The number of nitrogens with one attached hydrogen (secondary N) is 1. The van der Waals surface area contributed by atoms with E-state index in [1.54, 1.807) is 13.3 Å². The van der Waals surface area contributed by atoms with E-state index in [4.69, 9.17) is 28.9 Å². The quantitative estimate of drug-likeness (QED) is 0.186. The van der Waals surface area contributed by atoms with Gasteiger partial charge in [-0.1, -0.05) is 48.0 Å². The number of aryl methyl sites for hydroxylation is 1. The van der Waals surface area contributed by atoms with Gasteiger partial charge in [0.25, 0.3) is 0 Å². The van der Waals surface area contributed by atoms with Crippen molar-refractivity contribution in [3.63, 3.8) is 0 Å². The Morgan fingerprint density at radius 2 is 1.76 bits per heavy atom. The third-order valence-electron chi connectivity index (χ3n) is 6.04. The Labute approximate surface area is 222 Å². The maximum absolute atomic E-state index is 6.05. The number of hydrogen-bond acceptors (Lipinski definition) is 9. The number of benzene rings is 3. The Kier molecular flexibility index (Phi) is 8.15. The lowest BCUT2D eigenvalue weighted by Gasteiger charge is -2.27. The van der Waals surface area contributed by atoms with Crippen molar-refractivity contribution < 1.29 is 18.9 Å². The predicted molar refractivity (Wildman–Crippen MR) is 149 cm³/mol. The molecule has 1 aliphatic rings. The monoisotopic (exact) mass is 513 g/mol. The second kappa shape index (κ2) is 12.2. The Bertz CT molecular complexity index is 1390. The SMILES string of the molecule is COc1cc2nc(N3CCOCC3)nc(N/N=C/c3cccc(C)c3)c2cc1OCCOc1ccccc1. The molecule has 1 fully saturated rings. The molecular weight excluding hydrogens is 482 g/mol. The molecule has 0 aliphatic carbocycles. The van der Waals surface area contributed by atoms with Crippen LogP contribution in [0.4, 0.5) is 11.8 Å². The van der Waals surface area contributed by atoms with Gasteiger partial charge in [-0.15, -0.1) is 0 Å². The van der Waals surface area contributed by atoms with E-state index in [0.29, 0.717) is 49.7 Å². The average Bonchev–Trinajstić information content (AvgIpc) is 2.96. The molecule has 9 nitrogen and oxygen atoms in total. The van der Waals surface area contributed by atoms with E-state index in [2.05, 4.69) is 34.5 Å². The van der Waals surface area contributed by atoms with Gasteiger partial charge in [0, 0.05) is 24.5 Å². The fourth-order valence-corrected chi connectivity index (χ4v) is 4.13. The molecule has 0 radical (unpaired) electrons. The van der Waals surface area contributed by atoms with E-state index >= 15 is 0 Å².